The first kappa shape index (κ1) is 26.8. The molecule has 2 unspecified atom stereocenters. The van der Waals surface area contributed by atoms with Crippen molar-refractivity contribution in [3.63, 3.8) is 0 Å². The van der Waals surface area contributed by atoms with E-state index in [0.29, 0.717) is 35.0 Å². The molecule has 2 bridgehead atoms. The number of fused-ring (bicyclic) bond motifs is 3. The van der Waals surface area contributed by atoms with Crippen LogP contribution in [0.3, 0.4) is 0 Å². The Morgan fingerprint density at radius 1 is 1.14 bits per heavy atom. The van der Waals surface area contributed by atoms with E-state index in [0.717, 1.165) is 40.4 Å². The number of carbonyl (C=O) groups excluding carboxylic acids is 1. The van der Waals surface area contributed by atoms with Crippen molar-refractivity contribution < 1.29 is 14.1 Å². The maximum Gasteiger partial charge on any atom is 0.410 e. The molecule has 218 valence electrons. The summed E-state index contributed by atoms with van der Waals surface area (Å²) in [5.74, 6) is 0. The lowest BCUT2D eigenvalue weighted by atomic mass is 10.2. The molecule has 2 atom stereocenters. The predicted octanol–water partition coefficient (Wildman–Crippen LogP) is 5.11. The quantitative estimate of drug-likeness (QED) is 0.288. The second-order valence-electron chi connectivity index (χ2n) is 11.6. The molecule has 43 heavy (non-hydrogen) atoms. The van der Waals surface area contributed by atoms with E-state index in [1.807, 2.05) is 43.9 Å². The molecule has 5 aromatic heterocycles. The first-order valence-electron chi connectivity index (χ1n) is 13.9. The number of ether oxygens (including phenoxy) is 1. The number of amides is 1. The van der Waals surface area contributed by atoms with Crippen LogP contribution >= 0.6 is 11.3 Å². The van der Waals surface area contributed by atoms with Crippen molar-refractivity contribution in [1.29, 1.82) is 5.26 Å². The van der Waals surface area contributed by atoms with E-state index in [1.165, 1.54) is 23.8 Å². The zero-order valence-corrected chi connectivity index (χ0v) is 24.6. The molecule has 7 rings (SSSR count). The van der Waals surface area contributed by atoms with Gasteiger partial charge in [-0.15, -0.1) is 10.2 Å². The largest absolute Gasteiger partial charge is 0.444 e. The fourth-order valence-corrected chi connectivity index (χ4v) is 6.56. The third kappa shape index (κ3) is 5.12. The monoisotopic (exact) mass is 596 g/mol. The number of anilines is 3. The molecule has 2 saturated heterocycles. The van der Waals surface area contributed by atoms with Crippen molar-refractivity contribution in [3.8, 4) is 28.0 Å². The zero-order chi connectivity index (χ0) is 29.7. The molecule has 0 aliphatic carbocycles. The average molecular weight is 597 g/mol. The van der Waals surface area contributed by atoms with Gasteiger partial charge in [0.2, 0.25) is 5.13 Å². The van der Waals surface area contributed by atoms with Crippen molar-refractivity contribution in [3.05, 3.63) is 54.7 Å². The minimum absolute atomic E-state index is 0.0717. The minimum Gasteiger partial charge on any atom is -0.444 e. The van der Waals surface area contributed by atoms with Crippen LogP contribution in [0.2, 0.25) is 0 Å². The van der Waals surface area contributed by atoms with E-state index in [-0.39, 0.29) is 18.2 Å². The molecule has 13 nitrogen and oxygen atoms in total. The van der Waals surface area contributed by atoms with E-state index in [9.17, 15) is 10.1 Å². The number of piperazine rings is 1. The first-order chi connectivity index (χ1) is 20.8. The molecule has 2 aliphatic heterocycles. The van der Waals surface area contributed by atoms with Gasteiger partial charge in [0, 0.05) is 19.3 Å². The van der Waals surface area contributed by atoms with Crippen LogP contribution in [0.1, 0.15) is 39.2 Å². The number of aromatic nitrogens is 6. The molecule has 0 aromatic carbocycles. The highest BCUT2D eigenvalue weighted by atomic mass is 32.1. The van der Waals surface area contributed by atoms with E-state index in [2.05, 4.69) is 36.7 Å². The summed E-state index contributed by atoms with van der Waals surface area (Å²) >= 11 is 1.48. The van der Waals surface area contributed by atoms with E-state index < -0.39 is 5.60 Å². The molecule has 1 amide bonds. The third-order valence-electron chi connectivity index (χ3n) is 7.51. The molecule has 5 aromatic rings. The molecular weight excluding hydrogens is 568 g/mol. The molecule has 0 radical (unpaired) electrons. The Balaban J connectivity index is 1.18. The standard InChI is InChI=1S/C29H28N10O3S/c1-29(2,3)42-28(40)38-20-4-5-21(38)15-37(14-20)27-36-35-26(43-27)22-13-31-24(9-23(22)34-18-12-33-41-16-18)25-7-6-19-8-17(10-30)11-32-39(19)25/h6-9,11-13,16,20-21H,4-5,14-15H2,1-3H3,(H,31,34). The second-order valence-corrected chi connectivity index (χ2v) is 12.6. The second kappa shape index (κ2) is 10.4. The van der Waals surface area contributed by atoms with Gasteiger partial charge < -0.3 is 19.5 Å². The Labute approximate surface area is 250 Å². The Morgan fingerprint density at radius 3 is 2.67 bits per heavy atom. The van der Waals surface area contributed by atoms with Crippen LogP contribution in [0.4, 0.5) is 21.3 Å². The molecule has 0 saturated carbocycles. The van der Waals surface area contributed by atoms with Crippen LogP contribution in [0.25, 0.3) is 27.5 Å². The molecule has 1 N–H and O–H groups in total. The van der Waals surface area contributed by atoms with Crippen LogP contribution in [-0.2, 0) is 4.74 Å². The van der Waals surface area contributed by atoms with Crippen LogP contribution in [-0.4, -0.2) is 71.7 Å². The third-order valence-corrected chi connectivity index (χ3v) is 8.53. The molecule has 7 heterocycles. The lowest BCUT2D eigenvalue weighted by Crippen LogP contribution is -2.56. The van der Waals surface area contributed by atoms with Crippen molar-refractivity contribution >= 4 is 39.5 Å². The van der Waals surface area contributed by atoms with Gasteiger partial charge >= 0.3 is 6.09 Å². The number of nitrogens with one attached hydrogen (secondary N) is 1. The summed E-state index contributed by atoms with van der Waals surface area (Å²) in [5.41, 5.74) is 4.39. The van der Waals surface area contributed by atoms with E-state index in [1.54, 1.807) is 23.0 Å². The van der Waals surface area contributed by atoms with Gasteiger partial charge in [0.1, 0.15) is 17.9 Å². The highest BCUT2D eigenvalue weighted by molar-refractivity contribution is 7.18. The van der Waals surface area contributed by atoms with Gasteiger partial charge in [-0.25, -0.2) is 9.31 Å². The molecule has 2 aliphatic rings. The van der Waals surface area contributed by atoms with Crippen LogP contribution in [0.5, 0.6) is 0 Å². The van der Waals surface area contributed by atoms with Crippen LogP contribution in [0, 0.1) is 11.3 Å². The number of pyridine rings is 1. The fraction of sp³-hybridized carbons (Fsp3) is 0.345. The molecule has 0 spiro atoms. The molecular formula is C29H28N10O3S. The zero-order valence-electron chi connectivity index (χ0n) is 23.8. The average Bonchev–Trinajstić information content (AvgIpc) is 3.78. The lowest BCUT2D eigenvalue weighted by molar-refractivity contribution is 0.0123. The summed E-state index contributed by atoms with van der Waals surface area (Å²) in [6, 6.07) is 9.79. The van der Waals surface area contributed by atoms with Crippen molar-refractivity contribution in [1.82, 2.24) is 34.9 Å². The van der Waals surface area contributed by atoms with Crippen LogP contribution < -0.4 is 10.2 Å². The summed E-state index contributed by atoms with van der Waals surface area (Å²) in [5, 5.41) is 31.4. The fourth-order valence-electron chi connectivity index (χ4n) is 5.67. The van der Waals surface area contributed by atoms with Crippen molar-refractivity contribution in [2.24, 2.45) is 0 Å². The maximum absolute atomic E-state index is 12.9. The summed E-state index contributed by atoms with van der Waals surface area (Å²) in [4.78, 5) is 21.8. The number of nitrogens with zero attached hydrogens (tertiary/aromatic N) is 9. The molecule has 14 heteroatoms. The van der Waals surface area contributed by atoms with E-state index in [4.69, 9.17) is 14.2 Å². The highest BCUT2D eigenvalue weighted by Crippen LogP contribution is 2.39. The van der Waals surface area contributed by atoms with Crippen LogP contribution in [0.15, 0.2) is 53.6 Å². The highest BCUT2D eigenvalue weighted by Gasteiger charge is 2.45. The first-order valence-corrected chi connectivity index (χ1v) is 14.7. The number of hydrogen-bond donors (Lipinski definition) is 1. The number of hydrogen-bond acceptors (Lipinski definition) is 12. The van der Waals surface area contributed by atoms with Gasteiger partial charge in [-0.1, -0.05) is 16.5 Å². The molecule has 2 fully saturated rings. The van der Waals surface area contributed by atoms with Gasteiger partial charge in [0.15, 0.2) is 5.01 Å². The number of carbonyl (C=O) groups is 1. The van der Waals surface area contributed by atoms with Gasteiger partial charge in [-0.2, -0.15) is 10.4 Å². The van der Waals surface area contributed by atoms with E-state index >= 15 is 0 Å². The predicted molar refractivity (Wildman–Crippen MR) is 159 cm³/mol. The Bertz CT molecular complexity index is 1840. The normalized spacial score (nSPS) is 18.2. The maximum atomic E-state index is 12.9. The summed E-state index contributed by atoms with van der Waals surface area (Å²) in [6.07, 6.45) is 8.03. The Kier molecular flexibility index (Phi) is 6.46. The van der Waals surface area contributed by atoms with Crippen molar-refractivity contribution in [2.45, 2.75) is 51.3 Å². The van der Waals surface area contributed by atoms with Gasteiger partial charge in [-0.3, -0.25) is 9.88 Å². The SMILES string of the molecule is CC(C)(C)OC(=O)N1C2CCC1CN(c1nnc(-c3cnc(-c4ccc5cc(C#N)cnn45)cc3Nc3cnoc3)s1)C2. The van der Waals surface area contributed by atoms with Gasteiger partial charge in [-0.05, 0) is 57.9 Å². The van der Waals surface area contributed by atoms with Gasteiger partial charge in [0.05, 0.1) is 63.9 Å². The summed E-state index contributed by atoms with van der Waals surface area (Å²) in [6.45, 7) is 7.03. The van der Waals surface area contributed by atoms with Crippen molar-refractivity contribution in [2.75, 3.05) is 23.3 Å². The minimum atomic E-state index is -0.532. The Morgan fingerprint density at radius 2 is 1.95 bits per heavy atom. The Hall–Kier alpha value is -5.03. The van der Waals surface area contributed by atoms with Gasteiger partial charge in [0.25, 0.3) is 0 Å². The number of rotatable bonds is 5. The smallest absolute Gasteiger partial charge is 0.410 e. The summed E-state index contributed by atoms with van der Waals surface area (Å²) < 4.78 is 12.5. The lowest BCUT2D eigenvalue weighted by Gasteiger charge is -2.41. The number of nitriles is 1. The summed E-state index contributed by atoms with van der Waals surface area (Å²) in [7, 11) is 0. The topological polar surface area (TPSA) is 151 Å².